The van der Waals surface area contributed by atoms with Crippen LogP contribution in [0.1, 0.15) is 23.0 Å². The van der Waals surface area contributed by atoms with Crippen LogP contribution in [0.5, 0.6) is 0 Å². The molecule has 0 saturated heterocycles. The lowest BCUT2D eigenvalue weighted by molar-refractivity contribution is 0.102. The number of hydrogen-bond donors (Lipinski definition) is 1. The van der Waals surface area contributed by atoms with Crippen molar-refractivity contribution in [3.8, 4) is 0 Å². The Morgan fingerprint density at radius 1 is 1.12 bits per heavy atom. The van der Waals surface area contributed by atoms with E-state index in [-0.39, 0.29) is 11.5 Å². The molecule has 0 saturated carbocycles. The van der Waals surface area contributed by atoms with Gasteiger partial charge in [0.2, 0.25) is 0 Å². The number of carbonyl (C=O) groups excluding carboxylic acids is 1. The van der Waals surface area contributed by atoms with Crippen LogP contribution >= 0.6 is 50.7 Å². The molecule has 6 nitrogen and oxygen atoms in total. The molecule has 0 radical (unpaired) electrons. The van der Waals surface area contributed by atoms with Gasteiger partial charge in [0.25, 0.3) is 5.91 Å². The monoisotopic (exact) mass is 475 g/mol. The van der Waals surface area contributed by atoms with Gasteiger partial charge in [-0.2, -0.15) is 10.2 Å². The zero-order valence-corrected chi connectivity index (χ0v) is 17.4. The molecule has 2 heterocycles. The summed E-state index contributed by atoms with van der Waals surface area (Å²) in [4.78, 5) is 12.4. The molecule has 0 aliphatic carbocycles. The molecular weight excluding hydrogens is 464 g/mol. The highest BCUT2D eigenvalue weighted by molar-refractivity contribution is 9.10. The van der Waals surface area contributed by atoms with E-state index in [1.807, 2.05) is 13.0 Å². The van der Waals surface area contributed by atoms with E-state index in [0.29, 0.717) is 32.6 Å². The molecule has 1 N–H and O–H groups in total. The zero-order chi connectivity index (χ0) is 18.8. The minimum atomic E-state index is -0.397. The fraction of sp³-hybridized carbons (Fsp3) is 0.188. The van der Waals surface area contributed by atoms with Crippen molar-refractivity contribution in [2.24, 2.45) is 0 Å². The molecule has 1 amide bonds. The van der Waals surface area contributed by atoms with Crippen molar-refractivity contribution in [2.45, 2.75) is 20.0 Å². The van der Waals surface area contributed by atoms with Gasteiger partial charge in [-0.25, -0.2) is 0 Å². The lowest BCUT2D eigenvalue weighted by Crippen LogP contribution is -2.15. The normalized spacial score (nSPS) is 11.0. The first-order valence-electron chi connectivity index (χ1n) is 7.58. The van der Waals surface area contributed by atoms with Crippen LogP contribution in [0.3, 0.4) is 0 Å². The van der Waals surface area contributed by atoms with Crippen LogP contribution in [0.4, 0.5) is 5.82 Å². The maximum Gasteiger partial charge on any atom is 0.278 e. The molecule has 0 atom stereocenters. The van der Waals surface area contributed by atoms with Gasteiger partial charge in [-0.1, -0.05) is 40.9 Å². The van der Waals surface area contributed by atoms with Gasteiger partial charge in [0.05, 0.1) is 21.1 Å². The molecule has 0 aliphatic rings. The number of carbonyl (C=O) groups is 1. The molecule has 0 spiro atoms. The minimum Gasteiger partial charge on any atom is -0.302 e. The van der Waals surface area contributed by atoms with Crippen molar-refractivity contribution in [3.05, 3.63) is 61.4 Å². The summed E-state index contributed by atoms with van der Waals surface area (Å²) in [6, 6.07) is 5.32. The molecule has 0 bridgehead atoms. The van der Waals surface area contributed by atoms with Crippen LogP contribution in [-0.2, 0) is 13.1 Å². The Hall–Kier alpha value is -1.54. The Kier molecular flexibility index (Phi) is 5.92. The summed E-state index contributed by atoms with van der Waals surface area (Å²) in [6.45, 7) is 3.02. The van der Waals surface area contributed by atoms with Gasteiger partial charge in [0.15, 0.2) is 11.5 Å². The van der Waals surface area contributed by atoms with Gasteiger partial charge in [0, 0.05) is 18.9 Å². The van der Waals surface area contributed by atoms with Crippen molar-refractivity contribution in [2.75, 3.05) is 5.32 Å². The van der Waals surface area contributed by atoms with Crippen molar-refractivity contribution >= 4 is 62.5 Å². The third-order valence-electron chi connectivity index (χ3n) is 3.53. The molecule has 0 fully saturated rings. The number of hydrogen-bond acceptors (Lipinski definition) is 3. The molecule has 1 aromatic carbocycles. The van der Waals surface area contributed by atoms with E-state index in [9.17, 15) is 4.79 Å². The highest BCUT2D eigenvalue weighted by Gasteiger charge is 2.18. The number of halogens is 4. The zero-order valence-electron chi connectivity index (χ0n) is 13.5. The average molecular weight is 478 g/mol. The molecule has 26 heavy (non-hydrogen) atoms. The summed E-state index contributed by atoms with van der Waals surface area (Å²) < 4.78 is 3.86. The number of rotatable bonds is 5. The summed E-state index contributed by atoms with van der Waals surface area (Å²) in [5, 5.41) is 12.5. The largest absolute Gasteiger partial charge is 0.302 e. The topological polar surface area (TPSA) is 64.7 Å². The van der Waals surface area contributed by atoms with Crippen LogP contribution < -0.4 is 5.32 Å². The number of amides is 1. The van der Waals surface area contributed by atoms with E-state index in [1.165, 1.54) is 0 Å². The summed E-state index contributed by atoms with van der Waals surface area (Å²) in [6.07, 6.45) is 3.36. The predicted octanol–water partition coefficient (Wildman–Crippen LogP) is 5.12. The molecule has 2 aromatic heterocycles. The number of nitrogens with zero attached hydrogens (tertiary/aromatic N) is 4. The van der Waals surface area contributed by atoms with Crippen LogP contribution in [0.25, 0.3) is 0 Å². The molecular formula is C16H13BrCl3N5O. The van der Waals surface area contributed by atoms with Gasteiger partial charge in [-0.05, 0) is 40.5 Å². The molecule has 0 aliphatic heterocycles. The first-order chi connectivity index (χ1) is 12.4. The van der Waals surface area contributed by atoms with E-state index in [2.05, 4.69) is 31.4 Å². The highest BCUT2D eigenvalue weighted by Crippen LogP contribution is 2.25. The van der Waals surface area contributed by atoms with Crippen molar-refractivity contribution in [1.82, 2.24) is 19.6 Å². The second-order valence-electron chi connectivity index (χ2n) is 5.41. The lowest BCUT2D eigenvalue weighted by Gasteiger charge is -2.04. The highest BCUT2D eigenvalue weighted by atomic mass is 79.9. The Morgan fingerprint density at radius 2 is 1.88 bits per heavy atom. The van der Waals surface area contributed by atoms with E-state index in [4.69, 9.17) is 34.8 Å². The molecule has 3 rings (SSSR count). The van der Waals surface area contributed by atoms with Gasteiger partial charge in [-0.3, -0.25) is 14.2 Å². The van der Waals surface area contributed by atoms with Crippen molar-refractivity contribution in [1.29, 1.82) is 0 Å². The van der Waals surface area contributed by atoms with E-state index >= 15 is 0 Å². The maximum absolute atomic E-state index is 12.4. The maximum atomic E-state index is 12.4. The number of nitrogens with one attached hydrogen (secondary N) is 1. The standard InChI is InChI=1S/C16H13BrCl3N5O/c1-2-24-7-10(17)14(22-24)16(26)21-15-13(20)8-25(23-15)6-9-3-4-11(18)12(19)5-9/h3-5,7-8H,2,6H2,1H3,(H,21,23,26). The molecule has 10 heteroatoms. The van der Waals surface area contributed by atoms with Gasteiger partial charge < -0.3 is 5.32 Å². The Labute approximate surface area is 173 Å². The Bertz CT molecular complexity index is 969. The first-order valence-corrected chi connectivity index (χ1v) is 9.51. The summed E-state index contributed by atoms with van der Waals surface area (Å²) in [5.74, 6) is -0.138. The molecule has 136 valence electrons. The third-order valence-corrected chi connectivity index (χ3v) is 5.13. The minimum absolute atomic E-state index is 0.259. The van der Waals surface area contributed by atoms with Crippen molar-refractivity contribution in [3.63, 3.8) is 0 Å². The molecule has 0 unspecified atom stereocenters. The van der Waals surface area contributed by atoms with Crippen LogP contribution in [0.2, 0.25) is 15.1 Å². The smallest absolute Gasteiger partial charge is 0.278 e. The summed E-state index contributed by atoms with van der Waals surface area (Å²) in [5.41, 5.74) is 1.17. The number of anilines is 1. The number of benzene rings is 1. The van der Waals surface area contributed by atoms with Crippen LogP contribution in [0, 0.1) is 0 Å². The fourth-order valence-electron chi connectivity index (χ4n) is 2.27. The third kappa shape index (κ3) is 4.23. The van der Waals surface area contributed by atoms with Crippen LogP contribution in [-0.4, -0.2) is 25.5 Å². The molecule has 3 aromatic rings. The first kappa shape index (κ1) is 19.2. The van der Waals surface area contributed by atoms with Crippen LogP contribution in [0.15, 0.2) is 35.1 Å². The Morgan fingerprint density at radius 3 is 2.54 bits per heavy atom. The van der Waals surface area contributed by atoms with Crippen molar-refractivity contribution < 1.29 is 4.79 Å². The lowest BCUT2D eigenvalue weighted by atomic mass is 10.2. The second kappa shape index (κ2) is 8.00. The van der Waals surface area contributed by atoms with E-state index < -0.39 is 5.91 Å². The van der Waals surface area contributed by atoms with E-state index in [1.54, 1.807) is 33.9 Å². The number of aryl methyl sites for hydroxylation is 1. The second-order valence-corrected chi connectivity index (χ2v) is 7.48. The van der Waals surface area contributed by atoms with Gasteiger partial charge >= 0.3 is 0 Å². The predicted molar refractivity (Wildman–Crippen MR) is 106 cm³/mol. The Balaban J connectivity index is 1.76. The average Bonchev–Trinajstić information content (AvgIpc) is 3.13. The summed E-state index contributed by atoms with van der Waals surface area (Å²) >= 11 is 21.5. The summed E-state index contributed by atoms with van der Waals surface area (Å²) in [7, 11) is 0. The SMILES string of the molecule is CCn1cc(Br)c(C(=O)Nc2nn(Cc3ccc(Cl)c(Cl)c3)cc2Cl)n1. The quantitative estimate of drug-likeness (QED) is 0.555. The fourth-order valence-corrected chi connectivity index (χ4v) is 3.28. The van der Waals surface area contributed by atoms with Gasteiger partial charge in [-0.15, -0.1) is 0 Å². The van der Waals surface area contributed by atoms with E-state index in [0.717, 1.165) is 5.56 Å². The van der Waals surface area contributed by atoms with Gasteiger partial charge in [0.1, 0.15) is 5.02 Å². The number of aromatic nitrogens is 4.